The van der Waals surface area contributed by atoms with Gasteiger partial charge in [-0.05, 0) is 39.7 Å². The number of hydrogen-bond acceptors (Lipinski definition) is 4. The largest absolute Gasteiger partial charge is 0.366 e. The van der Waals surface area contributed by atoms with E-state index in [2.05, 4.69) is 29.1 Å². The second kappa shape index (κ2) is 6.97. The third kappa shape index (κ3) is 3.34. The number of anilines is 1. The van der Waals surface area contributed by atoms with Crippen LogP contribution in [0.15, 0.2) is 11.4 Å². The second-order valence-electron chi connectivity index (χ2n) is 6.89. The lowest BCUT2D eigenvalue weighted by atomic mass is 9.95. The smallest absolute Gasteiger partial charge is 0.250 e. The predicted molar refractivity (Wildman–Crippen MR) is 99.7 cm³/mol. The van der Waals surface area contributed by atoms with E-state index in [1.807, 2.05) is 13.0 Å². The molecule has 0 saturated heterocycles. The molecule has 1 aliphatic rings. The molecule has 2 aromatic heterocycles. The number of thiazole rings is 1. The monoisotopic (exact) mass is 346 g/mol. The van der Waals surface area contributed by atoms with E-state index in [4.69, 9.17) is 10.7 Å². The molecule has 1 amide bonds. The number of nitrogens with zero attached hydrogens (tertiary/aromatic N) is 2. The van der Waals surface area contributed by atoms with Crippen LogP contribution in [0.2, 0.25) is 0 Å². The van der Waals surface area contributed by atoms with E-state index in [0.717, 1.165) is 35.1 Å². The predicted octanol–water partition coefficient (Wildman–Crippen LogP) is 4.34. The van der Waals surface area contributed by atoms with E-state index in [1.54, 1.807) is 11.3 Å². The van der Waals surface area contributed by atoms with Crippen LogP contribution in [0.5, 0.6) is 0 Å². The summed E-state index contributed by atoms with van der Waals surface area (Å²) in [5, 5.41) is 6.32. The first-order valence-corrected chi connectivity index (χ1v) is 9.59. The highest BCUT2D eigenvalue weighted by atomic mass is 32.1. The fraction of sp³-hybridized carbons (Fsp3) is 0.556. The third-order valence-electron chi connectivity index (χ3n) is 4.68. The van der Waals surface area contributed by atoms with Crippen LogP contribution in [-0.4, -0.2) is 21.5 Å². The van der Waals surface area contributed by atoms with Gasteiger partial charge >= 0.3 is 0 Å². The van der Waals surface area contributed by atoms with E-state index in [0.29, 0.717) is 17.6 Å². The van der Waals surface area contributed by atoms with Gasteiger partial charge in [-0.2, -0.15) is 0 Å². The van der Waals surface area contributed by atoms with Crippen LogP contribution in [0.3, 0.4) is 0 Å². The molecular weight excluding hydrogens is 320 g/mol. The molecule has 0 bridgehead atoms. The first-order chi connectivity index (χ1) is 11.5. The fourth-order valence-electron chi connectivity index (χ4n) is 3.58. The molecule has 130 valence electrons. The van der Waals surface area contributed by atoms with Gasteiger partial charge in [0.2, 0.25) is 0 Å². The Kier molecular flexibility index (Phi) is 4.94. The summed E-state index contributed by atoms with van der Waals surface area (Å²) in [7, 11) is 0. The second-order valence-corrected chi connectivity index (χ2v) is 7.75. The molecule has 0 aliphatic heterocycles. The summed E-state index contributed by atoms with van der Waals surface area (Å²) in [6.07, 6.45) is 6.09. The minimum absolute atomic E-state index is 0.344. The molecule has 6 heteroatoms. The summed E-state index contributed by atoms with van der Waals surface area (Å²) in [5.74, 6) is -0.362. The first-order valence-electron chi connectivity index (χ1n) is 8.71. The lowest BCUT2D eigenvalue weighted by Crippen LogP contribution is -2.17. The molecule has 0 radical (unpaired) electrons. The van der Waals surface area contributed by atoms with Crippen molar-refractivity contribution in [1.82, 2.24) is 9.55 Å². The Morgan fingerprint density at radius 1 is 1.38 bits per heavy atom. The van der Waals surface area contributed by atoms with Gasteiger partial charge in [0, 0.05) is 23.2 Å². The average molecular weight is 347 g/mol. The molecular formula is C18H26N4OS. The normalized spacial score (nSPS) is 15.8. The average Bonchev–Trinajstić information content (AvgIpc) is 3.11. The Bertz CT molecular complexity index is 725. The van der Waals surface area contributed by atoms with Crippen molar-refractivity contribution < 1.29 is 4.79 Å². The van der Waals surface area contributed by atoms with Gasteiger partial charge in [0.1, 0.15) is 0 Å². The minimum Gasteiger partial charge on any atom is -0.366 e. The molecule has 0 unspecified atom stereocenters. The van der Waals surface area contributed by atoms with Gasteiger partial charge in [-0.1, -0.05) is 19.3 Å². The number of nitrogens with two attached hydrogens (primary N) is 1. The van der Waals surface area contributed by atoms with E-state index >= 15 is 0 Å². The van der Waals surface area contributed by atoms with Gasteiger partial charge < -0.3 is 15.6 Å². The van der Waals surface area contributed by atoms with Gasteiger partial charge in [0.25, 0.3) is 5.91 Å². The summed E-state index contributed by atoms with van der Waals surface area (Å²) in [6.45, 7) is 6.19. The zero-order chi connectivity index (χ0) is 17.3. The summed E-state index contributed by atoms with van der Waals surface area (Å²) in [5.41, 5.74) is 9.11. The minimum atomic E-state index is -0.362. The number of primary amides is 1. The van der Waals surface area contributed by atoms with Crippen LogP contribution >= 0.6 is 11.3 Å². The fourth-order valence-corrected chi connectivity index (χ4v) is 4.43. The van der Waals surface area contributed by atoms with E-state index in [1.165, 1.54) is 19.3 Å². The lowest BCUT2D eigenvalue weighted by molar-refractivity contribution is 0.0999. The molecule has 24 heavy (non-hydrogen) atoms. The molecule has 0 aromatic carbocycles. The van der Waals surface area contributed by atoms with Gasteiger partial charge in [0.15, 0.2) is 5.13 Å². The Labute approximate surface area is 147 Å². The van der Waals surface area contributed by atoms with Gasteiger partial charge in [-0.3, -0.25) is 4.79 Å². The number of rotatable bonds is 5. The third-order valence-corrected chi connectivity index (χ3v) is 5.45. The molecule has 0 atom stereocenters. The number of aromatic nitrogens is 2. The van der Waals surface area contributed by atoms with E-state index in [-0.39, 0.29) is 5.91 Å². The lowest BCUT2D eigenvalue weighted by Gasteiger charge is -2.26. The topological polar surface area (TPSA) is 72.9 Å². The van der Waals surface area contributed by atoms with Crippen molar-refractivity contribution in [3.8, 4) is 11.4 Å². The first kappa shape index (κ1) is 17.0. The van der Waals surface area contributed by atoms with Crippen molar-refractivity contribution in [3.63, 3.8) is 0 Å². The van der Waals surface area contributed by atoms with Crippen LogP contribution in [0.1, 0.15) is 68.0 Å². The molecule has 3 N–H and O–H groups in total. The molecule has 2 heterocycles. The van der Waals surface area contributed by atoms with Gasteiger partial charge in [-0.15, -0.1) is 11.3 Å². The quantitative estimate of drug-likeness (QED) is 0.845. The Balaban J connectivity index is 2.03. The molecule has 5 nitrogen and oxygen atoms in total. The van der Waals surface area contributed by atoms with Crippen molar-refractivity contribution in [2.45, 2.75) is 65.0 Å². The van der Waals surface area contributed by atoms with Crippen LogP contribution in [0, 0.1) is 6.92 Å². The van der Waals surface area contributed by atoms with Crippen molar-refractivity contribution in [3.05, 3.63) is 22.7 Å². The highest BCUT2D eigenvalue weighted by Crippen LogP contribution is 2.37. The van der Waals surface area contributed by atoms with Crippen molar-refractivity contribution in [2.75, 3.05) is 5.32 Å². The van der Waals surface area contributed by atoms with Crippen LogP contribution in [-0.2, 0) is 0 Å². The number of carbonyl (C=O) groups excluding carboxylic acids is 1. The maximum atomic E-state index is 11.8. The van der Waals surface area contributed by atoms with Crippen LogP contribution in [0.25, 0.3) is 11.4 Å². The molecule has 0 spiro atoms. The number of carbonyl (C=O) groups is 1. The zero-order valence-corrected chi connectivity index (χ0v) is 15.4. The highest BCUT2D eigenvalue weighted by Gasteiger charge is 2.25. The maximum Gasteiger partial charge on any atom is 0.250 e. The maximum absolute atomic E-state index is 11.8. The molecule has 1 saturated carbocycles. The standard InChI is InChI=1S/C18H26N4OS/c1-11(2)20-18-21-15(10-24-18)16-9-14(17(19)23)12(3)22(16)13-7-5-4-6-8-13/h9-11,13H,4-8H2,1-3H3,(H2,19,23)(H,20,21). The Hall–Kier alpha value is -1.82. The molecule has 1 aliphatic carbocycles. The van der Waals surface area contributed by atoms with Crippen molar-refractivity contribution in [1.29, 1.82) is 0 Å². The van der Waals surface area contributed by atoms with E-state index < -0.39 is 0 Å². The molecule has 3 rings (SSSR count). The van der Waals surface area contributed by atoms with Crippen LogP contribution in [0.4, 0.5) is 5.13 Å². The van der Waals surface area contributed by atoms with Crippen LogP contribution < -0.4 is 11.1 Å². The van der Waals surface area contributed by atoms with Gasteiger partial charge in [-0.25, -0.2) is 4.98 Å². The van der Waals surface area contributed by atoms with Gasteiger partial charge in [0.05, 0.1) is 17.0 Å². The highest BCUT2D eigenvalue weighted by molar-refractivity contribution is 7.14. The van der Waals surface area contributed by atoms with E-state index in [9.17, 15) is 4.79 Å². The number of amides is 1. The summed E-state index contributed by atoms with van der Waals surface area (Å²) in [6, 6.07) is 2.70. The van der Waals surface area contributed by atoms with Crippen molar-refractivity contribution >= 4 is 22.4 Å². The Morgan fingerprint density at radius 3 is 2.71 bits per heavy atom. The summed E-state index contributed by atoms with van der Waals surface area (Å²) >= 11 is 1.60. The summed E-state index contributed by atoms with van der Waals surface area (Å²) in [4.78, 5) is 16.6. The number of nitrogens with one attached hydrogen (secondary N) is 1. The summed E-state index contributed by atoms with van der Waals surface area (Å²) < 4.78 is 2.30. The molecule has 2 aromatic rings. The molecule has 1 fully saturated rings. The zero-order valence-electron chi connectivity index (χ0n) is 14.6. The number of hydrogen-bond donors (Lipinski definition) is 2. The van der Waals surface area contributed by atoms with Crippen molar-refractivity contribution in [2.24, 2.45) is 5.73 Å². The Morgan fingerprint density at radius 2 is 2.08 bits per heavy atom. The SMILES string of the molecule is Cc1c(C(N)=O)cc(-c2csc(NC(C)C)n2)n1C1CCCCC1.